The molecular weight excluding hydrogens is 276 g/mol. The normalized spacial score (nSPS) is 26.8. The van der Waals surface area contributed by atoms with Gasteiger partial charge in [0.1, 0.15) is 18.3 Å². The highest BCUT2D eigenvalue weighted by Crippen LogP contribution is 2.20. The van der Waals surface area contributed by atoms with E-state index in [-0.39, 0.29) is 6.61 Å². The first-order valence-corrected chi connectivity index (χ1v) is 7.88. The molecule has 1 saturated heterocycles. The highest BCUT2D eigenvalue weighted by molar-refractivity contribution is 5.69. The molecule has 1 fully saturated rings. The molecule has 6 heteroatoms. The molecule has 6 nitrogen and oxygen atoms in total. The maximum Gasteiger partial charge on any atom is 0.306 e. The number of aliphatic hydroxyl groups is 3. The minimum atomic E-state index is -1.14. The van der Waals surface area contributed by atoms with E-state index in [1.165, 1.54) is 19.3 Å². The first-order valence-electron chi connectivity index (χ1n) is 7.88. The number of carbonyl (C=O) groups excluding carboxylic acids is 1. The van der Waals surface area contributed by atoms with Gasteiger partial charge in [0.25, 0.3) is 0 Å². The Balaban J connectivity index is 2.22. The van der Waals surface area contributed by atoms with Gasteiger partial charge < -0.3 is 24.8 Å². The molecule has 1 heterocycles. The van der Waals surface area contributed by atoms with Crippen molar-refractivity contribution in [1.82, 2.24) is 0 Å². The van der Waals surface area contributed by atoms with Gasteiger partial charge >= 0.3 is 5.97 Å². The Hall–Kier alpha value is -0.690. The van der Waals surface area contributed by atoms with Crippen LogP contribution in [0.5, 0.6) is 0 Å². The first kappa shape index (κ1) is 18.4. The lowest BCUT2D eigenvalue weighted by atomic mass is 10.1. The number of rotatable bonds is 10. The predicted octanol–water partition coefficient (Wildman–Crippen LogP) is 0.762. The van der Waals surface area contributed by atoms with E-state index >= 15 is 0 Å². The maximum absolute atomic E-state index is 11.7. The van der Waals surface area contributed by atoms with Gasteiger partial charge in [-0.1, -0.05) is 39.0 Å². The molecule has 0 aromatic rings. The molecule has 0 spiro atoms. The van der Waals surface area contributed by atoms with E-state index in [9.17, 15) is 20.1 Å². The van der Waals surface area contributed by atoms with Gasteiger partial charge in [0.15, 0.2) is 6.10 Å². The van der Waals surface area contributed by atoms with E-state index in [0.29, 0.717) is 6.42 Å². The number of esters is 1. The maximum atomic E-state index is 11.7. The number of unbranched alkanes of at least 4 members (excludes halogenated alkanes) is 5. The van der Waals surface area contributed by atoms with Crippen molar-refractivity contribution in [1.29, 1.82) is 0 Å². The fourth-order valence-corrected chi connectivity index (χ4v) is 2.44. The third-order valence-corrected chi connectivity index (χ3v) is 3.75. The van der Waals surface area contributed by atoms with E-state index in [0.717, 1.165) is 19.3 Å². The van der Waals surface area contributed by atoms with Gasteiger partial charge in [-0.15, -0.1) is 0 Å². The number of hydrogen-bond acceptors (Lipinski definition) is 6. The average molecular weight is 304 g/mol. The Morgan fingerprint density at radius 2 is 1.90 bits per heavy atom. The lowest BCUT2D eigenvalue weighted by Crippen LogP contribution is -2.43. The van der Waals surface area contributed by atoms with Crippen LogP contribution >= 0.6 is 0 Å². The van der Waals surface area contributed by atoms with Gasteiger partial charge in [-0.05, 0) is 6.42 Å². The van der Waals surface area contributed by atoms with Crippen molar-refractivity contribution in [2.75, 3.05) is 13.2 Å². The fraction of sp³-hybridized carbons (Fsp3) is 0.933. The number of hydrogen-bond donors (Lipinski definition) is 3. The second-order valence-corrected chi connectivity index (χ2v) is 5.58. The third-order valence-electron chi connectivity index (χ3n) is 3.75. The van der Waals surface area contributed by atoms with E-state index in [1.54, 1.807) is 0 Å². The molecule has 1 aliphatic rings. The highest BCUT2D eigenvalue weighted by atomic mass is 16.6. The zero-order valence-electron chi connectivity index (χ0n) is 12.7. The van der Waals surface area contributed by atoms with Crippen LogP contribution in [-0.4, -0.2) is 58.9 Å². The molecule has 124 valence electrons. The van der Waals surface area contributed by atoms with Gasteiger partial charge in [-0.25, -0.2) is 0 Å². The summed E-state index contributed by atoms with van der Waals surface area (Å²) < 4.78 is 10.3. The van der Waals surface area contributed by atoms with Crippen LogP contribution in [0.2, 0.25) is 0 Å². The quantitative estimate of drug-likeness (QED) is 0.407. The van der Waals surface area contributed by atoms with Crippen molar-refractivity contribution in [3.8, 4) is 0 Å². The SMILES string of the molecule is CCCCCCCCC(=O)O[C@H](CO)[C@H]1OC[C@H](O)[C@H]1O. The molecule has 0 aromatic heterocycles. The molecule has 0 amide bonds. The molecule has 0 aromatic carbocycles. The summed E-state index contributed by atoms with van der Waals surface area (Å²) >= 11 is 0. The second-order valence-electron chi connectivity index (χ2n) is 5.58. The Morgan fingerprint density at radius 3 is 2.48 bits per heavy atom. The van der Waals surface area contributed by atoms with Crippen LogP contribution in [0.3, 0.4) is 0 Å². The van der Waals surface area contributed by atoms with Gasteiger partial charge in [-0.2, -0.15) is 0 Å². The highest BCUT2D eigenvalue weighted by Gasteiger charge is 2.41. The van der Waals surface area contributed by atoms with E-state index in [2.05, 4.69) is 6.92 Å². The fourth-order valence-electron chi connectivity index (χ4n) is 2.44. The van der Waals surface area contributed by atoms with Gasteiger partial charge in [-0.3, -0.25) is 4.79 Å². The summed E-state index contributed by atoms with van der Waals surface area (Å²) in [6, 6.07) is 0. The van der Waals surface area contributed by atoms with Gasteiger partial charge in [0.05, 0.1) is 13.2 Å². The van der Waals surface area contributed by atoms with Crippen LogP contribution in [0.15, 0.2) is 0 Å². The molecule has 0 aliphatic carbocycles. The van der Waals surface area contributed by atoms with Crippen LogP contribution in [0.1, 0.15) is 51.9 Å². The minimum absolute atomic E-state index is 0.0166. The number of aliphatic hydroxyl groups excluding tert-OH is 3. The zero-order chi connectivity index (χ0) is 15.7. The van der Waals surface area contributed by atoms with Crippen molar-refractivity contribution in [3.05, 3.63) is 0 Å². The molecule has 4 atom stereocenters. The van der Waals surface area contributed by atoms with Crippen molar-refractivity contribution in [2.24, 2.45) is 0 Å². The Morgan fingerprint density at radius 1 is 1.24 bits per heavy atom. The molecule has 1 aliphatic heterocycles. The topological polar surface area (TPSA) is 96.2 Å². The summed E-state index contributed by atoms with van der Waals surface area (Å²) in [5, 5.41) is 28.3. The van der Waals surface area contributed by atoms with E-state index < -0.39 is 37.0 Å². The van der Waals surface area contributed by atoms with Crippen molar-refractivity contribution >= 4 is 5.97 Å². The average Bonchev–Trinajstić information content (AvgIpc) is 2.80. The minimum Gasteiger partial charge on any atom is -0.457 e. The Bertz CT molecular complexity index is 296. The molecule has 1 rings (SSSR count). The summed E-state index contributed by atoms with van der Waals surface area (Å²) in [5.41, 5.74) is 0. The van der Waals surface area contributed by atoms with E-state index in [1.807, 2.05) is 0 Å². The summed E-state index contributed by atoms with van der Waals surface area (Å²) in [4.78, 5) is 11.7. The Kier molecular flexibility index (Phi) is 8.84. The van der Waals surface area contributed by atoms with E-state index in [4.69, 9.17) is 9.47 Å². The lowest BCUT2D eigenvalue weighted by Gasteiger charge is -2.24. The van der Waals surface area contributed by atoms with Crippen molar-refractivity contribution in [3.63, 3.8) is 0 Å². The molecule has 21 heavy (non-hydrogen) atoms. The van der Waals surface area contributed by atoms with Crippen LogP contribution in [-0.2, 0) is 14.3 Å². The molecule has 0 unspecified atom stereocenters. The third kappa shape index (κ3) is 6.30. The van der Waals surface area contributed by atoms with Crippen molar-refractivity contribution in [2.45, 2.75) is 76.3 Å². The smallest absolute Gasteiger partial charge is 0.306 e. The molecule has 0 saturated carbocycles. The second kappa shape index (κ2) is 10.1. The molecule has 0 bridgehead atoms. The molecule has 3 N–H and O–H groups in total. The lowest BCUT2D eigenvalue weighted by molar-refractivity contribution is -0.162. The molecular formula is C15H28O6. The van der Waals surface area contributed by atoms with Gasteiger partial charge in [0, 0.05) is 6.42 Å². The van der Waals surface area contributed by atoms with Crippen LogP contribution in [0.4, 0.5) is 0 Å². The molecule has 0 radical (unpaired) electrons. The van der Waals surface area contributed by atoms with Crippen molar-refractivity contribution < 1.29 is 29.6 Å². The predicted molar refractivity (Wildman–Crippen MR) is 76.7 cm³/mol. The standard InChI is InChI=1S/C15H28O6/c1-2-3-4-5-6-7-8-13(18)21-12(9-16)15-14(19)11(17)10-20-15/h11-12,14-17,19H,2-10H2,1H3/t11-,12+,14+,15+/m0/s1. The summed E-state index contributed by atoms with van der Waals surface area (Å²) in [7, 11) is 0. The van der Waals surface area contributed by atoms with Crippen LogP contribution in [0.25, 0.3) is 0 Å². The van der Waals surface area contributed by atoms with Crippen LogP contribution < -0.4 is 0 Å². The monoisotopic (exact) mass is 304 g/mol. The Labute approximate surface area is 126 Å². The zero-order valence-corrected chi connectivity index (χ0v) is 12.7. The van der Waals surface area contributed by atoms with Gasteiger partial charge in [0.2, 0.25) is 0 Å². The number of carbonyl (C=O) groups is 1. The van der Waals surface area contributed by atoms with Crippen LogP contribution in [0, 0.1) is 0 Å². The number of ether oxygens (including phenoxy) is 2. The largest absolute Gasteiger partial charge is 0.457 e. The summed E-state index contributed by atoms with van der Waals surface area (Å²) in [5.74, 6) is -0.401. The summed E-state index contributed by atoms with van der Waals surface area (Å²) in [6.45, 7) is 1.71. The summed E-state index contributed by atoms with van der Waals surface area (Å²) in [6.07, 6.45) is 2.83. The first-order chi connectivity index (χ1) is 10.1.